The molecule has 0 spiro atoms. The van der Waals surface area contributed by atoms with Crippen LogP contribution in [0.1, 0.15) is 56.6 Å². The van der Waals surface area contributed by atoms with Crippen molar-refractivity contribution in [2.24, 2.45) is 11.8 Å². The van der Waals surface area contributed by atoms with Crippen molar-refractivity contribution in [2.75, 3.05) is 19.0 Å². The highest BCUT2D eigenvalue weighted by Gasteiger charge is 2.35. The van der Waals surface area contributed by atoms with Gasteiger partial charge in [0.1, 0.15) is 11.5 Å². The molecule has 0 aromatic heterocycles. The quantitative estimate of drug-likeness (QED) is 0.460. The van der Waals surface area contributed by atoms with Crippen LogP contribution in [0.5, 0.6) is 11.5 Å². The number of carbonyl (C=O) groups is 2. The molecule has 0 bridgehead atoms. The molecule has 7 nitrogen and oxygen atoms in total. The van der Waals surface area contributed by atoms with Crippen molar-refractivity contribution in [3.63, 3.8) is 0 Å². The molecule has 2 aromatic carbocycles. The highest BCUT2D eigenvalue weighted by Crippen LogP contribution is 2.38. The summed E-state index contributed by atoms with van der Waals surface area (Å²) in [7, 11) is 1.65. The Hall–Kier alpha value is -3.06. The van der Waals surface area contributed by atoms with E-state index in [0.717, 1.165) is 59.4 Å². The molecule has 2 aromatic rings. The first-order valence-corrected chi connectivity index (χ1v) is 12.5. The third-order valence-electron chi connectivity index (χ3n) is 6.93. The van der Waals surface area contributed by atoms with Crippen LogP contribution in [0.15, 0.2) is 30.3 Å². The Bertz CT molecular complexity index is 1080. The van der Waals surface area contributed by atoms with Crippen molar-refractivity contribution in [3.8, 4) is 22.6 Å². The summed E-state index contributed by atoms with van der Waals surface area (Å²) in [6.07, 6.45) is 5.28. The van der Waals surface area contributed by atoms with Crippen LogP contribution < -0.4 is 14.8 Å². The van der Waals surface area contributed by atoms with Crippen molar-refractivity contribution in [1.29, 1.82) is 0 Å². The SMILES string of the molecule is CCOc1cc(-c2ccc(NC(=O)[C@@H]3CCCC[C@H]3C(=O)O)cc2COC2CC2)cc(OC)c1C. The second-order valence-corrected chi connectivity index (χ2v) is 9.44. The van der Waals surface area contributed by atoms with Crippen molar-refractivity contribution in [3.05, 3.63) is 41.5 Å². The monoisotopic (exact) mass is 481 g/mol. The number of nitrogens with one attached hydrogen (secondary N) is 1. The maximum Gasteiger partial charge on any atom is 0.307 e. The van der Waals surface area contributed by atoms with Crippen molar-refractivity contribution in [2.45, 2.75) is 65.1 Å². The number of rotatable bonds is 10. The largest absolute Gasteiger partial charge is 0.496 e. The van der Waals surface area contributed by atoms with Crippen molar-refractivity contribution < 1.29 is 28.9 Å². The summed E-state index contributed by atoms with van der Waals surface area (Å²) in [6.45, 7) is 4.89. The first kappa shape index (κ1) is 25.0. The fraction of sp³-hybridized carbons (Fsp3) is 0.500. The molecular formula is C28H35NO6. The van der Waals surface area contributed by atoms with Gasteiger partial charge >= 0.3 is 5.97 Å². The summed E-state index contributed by atoms with van der Waals surface area (Å²) in [5.41, 5.74) is 4.46. The van der Waals surface area contributed by atoms with Gasteiger partial charge in [0.2, 0.25) is 5.91 Å². The van der Waals surface area contributed by atoms with Gasteiger partial charge in [-0.25, -0.2) is 0 Å². The van der Waals surface area contributed by atoms with E-state index < -0.39 is 17.8 Å². The van der Waals surface area contributed by atoms with Crippen LogP contribution in [0.3, 0.4) is 0 Å². The Balaban J connectivity index is 1.63. The Morgan fingerprint density at radius 1 is 1.03 bits per heavy atom. The molecule has 0 heterocycles. The third kappa shape index (κ3) is 5.96. The van der Waals surface area contributed by atoms with Gasteiger partial charge < -0.3 is 24.6 Å². The van der Waals surface area contributed by atoms with Crippen LogP contribution in [0.2, 0.25) is 0 Å². The first-order chi connectivity index (χ1) is 16.9. The van der Waals surface area contributed by atoms with Gasteiger partial charge in [-0.3, -0.25) is 9.59 Å². The Morgan fingerprint density at radius 2 is 1.74 bits per heavy atom. The molecule has 2 fully saturated rings. The van der Waals surface area contributed by atoms with Gasteiger partial charge in [0.15, 0.2) is 0 Å². The summed E-state index contributed by atoms with van der Waals surface area (Å²) in [5, 5.41) is 12.5. The fourth-order valence-electron chi connectivity index (χ4n) is 4.83. The van der Waals surface area contributed by atoms with E-state index in [-0.39, 0.29) is 12.0 Å². The molecule has 2 N–H and O–H groups in total. The minimum Gasteiger partial charge on any atom is -0.496 e. The lowest BCUT2D eigenvalue weighted by Crippen LogP contribution is -2.36. The van der Waals surface area contributed by atoms with Crippen molar-refractivity contribution >= 4 is 17.6 Å². The lowest BCUT2D eigenvalue weighted by molar-refractivity contribution is -0.147. The van der Waals surface area contributed by atoms with Crippen LogP contribution in [-0.2, 0) is 20.9 Å². The van der Waals surface area contributed by atoms with Gasteiger partial charge in [0.25, 0.3) is 0 Å². The van der Waals surface area contributed by atoms with E-state index >= 15 is 0 Å². The zero-order valence-corrected chi connectivity index (χ0v) is 20.8. The molecule has 0 radical (unpaired) electrons. The average Bonchev–Trinajstić information content (AvgIpc) is 3.69. The second kappa shape index (κ2) is 11.1. The highest BCUT2D eigenvalue weighted by molar-refractivity contribution is 5.95. The molecule has 4 rings (SSSR count). The zero-order valence-electron chi connectivity index (χ0n) is 20.8. The molecular weight excluding hydrogens is 446 g/mol. The highest BCUT2D eigenvalue weighted by atomic mass is 16.5. The molecule has 188 valence electrons. The van der Waals surface area contributed by atoms with Gasteiger partial charge in [-0.1, -0.05) is 18.9 Å². The van der Waals surface area contributed by atoms with E-state index in [1.165, 1.54) is 0 Å². The van der Waals surface area contributed by atoms with Crippen LogP contribution in [0.25, 0.3) is 11.1 Å². The van der Waals surface area contributed by atoms with E-state index in [0.29, 0.717) is 31.7 Å². The molecule has 2 aliphatic rings. The summed E-state index contributed by atoms with van der Waals surface area (Å²) in [5.74, 6) is -0.744. The maximum atomic E-state index is 13.0. The summed E-state index contributed by atoms with van der Waals surface area (Å²) >= 11 is 0. The number of benzene rings is 2. The first-order valence-electron chi connectivity index (χ1n) is 12.5. The average molecular weight is 482 g/mol. The number of methoxy groups -OCH3 is 1. The zero-order chi connectivity index (χ0) is 24.9. The number of ether oxygens (including phenoxy) is 3. The van der Waals surface area contributed by atoms with Crippen LogP contribution in [-0.4, -0.2) is 36.8 Å². The third-order valence-corrected chi connectivity index (χ3v) is 6.93. The smallest absolute Gasteiger partial charge is 0.307 e. The van der Waals surface area contributed by atoms with E-state index in [9.17, 15) is 14.7 Å². The molecule has 2 atom stereocenters. The Labute approximate surface area is 206 Å². The molecule has 0 saturated heterocycles. The second-order valence-electron chi connectivity index (χ2n) is 9.44. The van der Waals surface area contributed by atoms with E-state index in [4.69, 9.17) is 14.2 Å². The van der Waals surface area contributed by atoms with Gasteiger partial charge in [0.05, 0.1) is 38.3 Å². The number of carboxylic acid groups (broad SMARTS) is 1. The minimum absolute atomic E-state index is 0.227. The molecule has 2 aliphatic carbocycles. The van der Waals surface area contributed by atoms with Gasteiger partial charge in [-0.15, -0.1) is 0 Å². The van der Waals surface area contributed by atoms with Gasteiger partial charge in [-0.05, 0) is 80.5 Å². The lowest BCUT2D eigenvalue weighted by Gasteiger charge is -2.27. The fourth-order valence-corrected chi connectivity index (χ4v) is 4.83. The molecule has 0 unspecified atom stereocenters. The maximum absolute atomic E-state index is 13.0. The van der Waals surface area contributed by atoms with Crippen LogP contribution in [0, 0.1) is 18.8 Å². The number of aliphatic carboxylic acids is 1. The van der Waals surface area contributed by atoms with Crippen LogP contribution >= 0.6 is 0 Å². The Morgan fingerprint density at radius 3 is 2.40 bits per heavy atom. The number of hydrogen-bond donors (Lipinski definition) is 2. The number of anilines is 1. The van der Waals surface area contributed by atoms with E-state index in [1.807, 2.05) is 44.2 Å². The van der Waals surface area contributed by atoms with Gasteiger partial charge in [-0.2, -0.15) is 0 Å². The predicted molar refractivity (Wildman–Crippen MR) is 134 cm³/mol. The molecule has 2 saturated carbocycles. The van der Waals surface area contributed by atoms with Gasteiger partial charge in [0, 0.05) is 11.3 Å². The van der Waals surface area contributed by atoms with Crippen molar-refractivity contribution in [1.82, 2.24) is 0 Å². The van der Waals surface area contributed by atoms with E-state index in [1.54, 1.807) is 7.11 Å². The van der Waals surface area contributed by atoms with E-state index in [2.05, 4.69) is 5.32 Å². The molecule has 7 heteroatoms. The molecule has 0 aliphatic heterocycles. The molecule has 1 amide bonds. The van der Waals surface area contributed by atoms with Crippen LogP contribution in [0.4, 0.5) is 5.69 Å². The number of hydrogen-bond acceptors (Lipinski definition) is 5. The number of carbonyl (C=O) groups excluding carboxylic acids is 1. The number of amides is 1. The standard InChI is InChI=1S/C28H35NO6/c1-4-34-26-15-18(14-25(33-3)17(26)2)22-12-9-20(13-19(22)16-35-21-10-11-21)29-27(30)23-7-5-6-8-24(23)28(31)32/h9,12-15,21,23-24H,4-8,10-11,16H2,1-3H3,(H,29,30)(H,31,32)/t23-,24-/m1/s1. The summed E-state index contributed by atoms with van der Waals surface area (Å²) in [4.78, 5) is 24.7. The topological polar surface area (TPSA) is 94.1 Å². The number of carboxylic acids is 1. The molecule has 35 heavy (non-hydrogen) atoms. The summed E-state index contributed by atoms with van der Waals surface area (Å²) < 4.78 is 17.5. The summed E-state index contributed by atoms with van der Waals surface area (Å²) in [6, 6.07) is 9.76. The normalized spacial score (nSPS) is 19.7. The minimum atomic E-state index is -0.892. The lowest BCUT2D eigenvalue weighted by atomic mass is 9.78. The Kier molecular flexibility index (Phi) is 7.96. The predicted octanol–water partition coefficient (Wildman–Crippen LogP) is 5.58.